The van der Waals surface area contributed by atoms with Crippen LogP contribution in [0.15, 0.2) is 23.8 Å². The standard InChI is InChI=1S/C18H28N2O/c1-13(2)16-8-6-15(7-9-16)11-19-12-17-5-4-10-20(17)18(21)14(19)3/h6,14,16-17H,1,4-5,7-12H2,2-3H3/t14-,16-,17+/m1/s1. The van der Waals surface area contributed by atoms with Gasteiger partial charge in [-0.15, -0.1) is 0 Å². The molecule has 21 heavy (non-hydrogen) atoms. The number of amides is 1. The Morgan fingerprint density at radius 3 is 2.90 bits per heavy atom. The number of rotatable bonds is 3. The first kappa shape index (κ1) is 14.8. The fourth-order valence-electron chi connectivity index (χ4n) is 4.08. The van der Waals surface area contributed by atoms with Crippen LogP contribution in [-0.4, -0.2) is 47.4 Å². The summed E-state index contributed by atoms with van der Waals surface area (Å²) in [5.74, 6) is 1.01. The van der Waals surface area contributed by atoms with Gasteiger partial charge >= 0.3 is 0 Å². The predicted molar refractivity (Wildman–Crippen MR) is 86.0 cm³/mol. The Bertz CT molecular complexity index is 468. The number of hydrogen-bond acceptors (Lipinski definition) is 2. The summed E-state index contributed by atoms with van der Waals surface area (Å²) >= 11 is 0. The molecule has 2 heterocycles. The zero-order chi connectivity index (χ0) is 15.0. The van der Waals surface area contributed by atoms with Crippen molar-refractivity contribution in [2.24, 2.45) is 5.92 Å². The van der Waals surface area contributed by atoms with Gasteiger partial charge in [-0.1, -0.05) is 23.8 Å². The third-order valence-electron chi connectivity index (χ3n) is 5.62. The van der Waals surface area contributed by atoms with E-state index in [9.17, 15) is 4.79 Å². The molecule has 0 aromatic heterocycles. The molecule has 0 N–H and O–H groups in total. The molecule has 116 valence electrons. The Morgan fingerprint density at radius 1 is 1.43 bits per heavy atom. The highest BCUT2D eigenvalue weighted by molar-refractivity contribution is 5.83. The zero-order valence-corrected chi connectivity index (χ0v) is 13.5. The summed E-state index contributed by atoms with van der Waals surface area (Å²) in [6.45, 7) is 11.3. The molecule has 3 atom stereocenters. The molecule has 3 nitrogen and oxygen atoms in total. The molecule has 0 unspecified atom stereocenters. The molecule has 0 aromatic rings. The molecular formula is C18H28N2O. The Balaban J connectivity index is 1.62. The largest absolute Gasteiger partial charge is 0.337 e. The summed E-state index contributed by atoms with van der Waals surface area (Å²) in [6, 6.07) is 0.528. The number of carbonyl (C=O) groups excluding carboxylic acids is 1. The lowest BCUT2D eigenvalue weighted by Crippen LogP contribution is -2.58. The van der Waals surface area contributed by atoms with Crippen molar-refractivity contribution in [2.45, 2.75) is 58.0 Å². The SMILES string of the molecule is C=C(C)[C@@H]1CC=C(CN2C[C@@H]3CCCN3C(=O)[C@H]2C)CC1. The van der Waals surface area contributed by atoms with E-state index >= 15 is 0 Å². The van der Waals surface area contributed by atoms with Crippen LogP contribution >= 0.6 is 0 Å². The summed E-state index contributed by atoms with van der Waals surface area (Å²) in [5, 5.41) is 0. The number of allylic oxidation sites excluding steroid dienone is 2. The van der Waals surface area contributed by atoms with Gasteiger partial charge in [-0.25, -0.2) is 0 Å². The second kappa shape index (κ2) is 5.96. The minimum Gasteiger partial charge on any atom is -0.337 e. The van der Waals surface area contributed by atoms with Gasteiger partial charge in [0, 0.05) is 25.7 Å². The number of hydrogen-bond donors (Lipinski definition) is 0. The maximum Gasteiger partial charge on any atom is 0.239 e. The Kier molecular flexibility index (Phi) is 4.21. The summed E-state index contributed by atoms with van der Waals surface area (Å²) in [6.07, 6.45) is 8.30. The molecule has 1 amide bonds. The monoisotopic (exact) mass is 288 g/mol. The van der Waals surface area contributed by atoms with Crippen molar-refractivity contribution in [3.63, 3.8) is 0 Å². The fraction of sp³-hybridized carbons (Fsp3) is 0.722. The molecule has 0 radical (unpaired) electrons. The molecule has 2 aliphatic heterocycles. The van der Waals surface area contributed by atoms with Crippen LogP contribution in [0.4, 0.5) is 0 Å². The van der Waals surface area contributed by atoms with Crippen LogP contribution in [0.25, 0.3) is 0 Å². The second-order valence-corrected chi connectivity index (χ2v) is 7.11. The van der Waals surface area contributed by atoms with Gasteiger partial charge in [0.1, 0.15) is 0 Å². The van der Waals surface area contributed by atoms with E-state index in [-0.39, 0.29) is 6.04 Å². The van der Waals surface area contributed by atoms with Crippen molar-refractivity contribution < 1.29 is 4.79 Å². The second-order valence-electron chi connectivity index (χ2n) is 7.11. The van der Waals surface area contributed by atoms with E-state index in [0.717, 1.165) is 26.1 Å². The van der Waals surface area contributed by atoms with Crippen LogP contribution in [0.1, 0.15) is 46.0 Å². The van der Waals surface area contributed by atoms with Crippen molar-refractivity contribution in [3.8, 4) is 0 Å². The van der Waals surface area contributed by atoms with Crippen molar-refractivity contribution in [3.05, 3.63) is 23.8 Å². The molecule has 0 bridgehead atoms. The minimum atomic E-state index is 0.0547. The minimum absolute atomic E-state index is 0.0547. The lowest BCUT2D eigenvalue weighted by molar-refractivity contribution is -0.142. The topological polar surface area (TPSA) is 23.6 Å². The molecule has 0 saturated carbocycles. The number of fused-ring (bicyclic) bond motifs is 1. The van der Waals surface area contributed by atoms with Gasteiger partial charge in [0.15, 0.2) is 0 Å². The van der Waals surface area contributed by atoms with E-state index in [1.807, 2.05) is 0 Å². The summed E-state index contributed by atoms with van der Waals surface area (Å²) in [7, 11) is 0. The van der Waals surface area contributed by atoms with Crippen LogP contribution in [0.2, 0.25) is 0 Å². The van der Waals surface area contributed by atoms with Crippen LogP contribution in [0.5, 0.6) is 0 Å². The van der Waals surface area contributed by atoms with Gasteiger partial charge < -0.3 is 4.90 Å². The smallest absolute Gasteiger partial charge is 0.239 e. The maximum atomic E-state index is 12.5. The van der Waals surface area contributed by atoms with Gasteiger partial charge in [-0.2, -0.15) is 0 Å². The molecule has 2 saturated heterocycles. The first-order chi connectivity index (χ1) is 10.1. The quantitative estimate of drug-likeness (QED) is 0.745. The third kappa shape index (κ3) is 2.94. The van der Waals surface area contributed by atoms with Crippen LogP contribution < -0.4 is 0 Å². The van der Waals surface area contributed by atoms with Crippen LogP contribution in [0, 0.1) is 5.92 Å². The predicted octanol–water partition coefficient (Wildman–Crippen LogP) is 2.98. The molecule has 3 rings (SSSR count). The molecule has 0 spiro atoms. The average molecular weight is 288 g/mol. The Morgan fingerprint density at radius 2 is 2.24 bits per heavy atom. The fourth-order valence-corrected chi connectivity index (χ4v) is 4.08. The van der Waals surface area contributed by atoms with E-state index < -0.39 is 0 Å². The highest BCUT2D eigenvalue weighted by Crippen LogP contribution is 2.31. The highest BCUT2D eigenvalue weighted by atomic mass is 16.2. The van der Waals surface area contributed by atoms with E-state index in [1.54, 1.807) is 0 Å². The van der Waals surface area contributed by atoms with Crippen molar-refractivity contribution in [2.75, 3.05) is 19.6 Å². The lowest BCUT2D eigenvalue weighted by Gasteiger charge is -2.42. The van der Waals surface area contributed by atoms with E-state index in [1.165, 1.54) is 36.8 Å². The van der Waals surface area contributed by atoms with Crippen molar-refractivity contribution >= 4 is 5.91 Å². The molecular weight excluding hydrogens is 260 g/mol. The van der Waals surface area contributed by atoms with Crippen LogP contribution in [0.3, 0.4) is 0 Å². The first-order valence-corrected chi connectivity index (χ1v) is 8.44. The Hall–Kier alpha value is -1.09. The zero-order valence-electron chi connectivity index (χ0n) is 13.5. The van der Waals surface area contributed by atoms with Crippen LogP contribution in [-0.2, 0) is 4.79 Å². The molecule has 1 aliphatic carbocycles. The van der Waals surface area contributed by atoms with Crippen molar-refractivity contribution in [1.29, 1.82) is 0 Å². The van der Waals surface area contributed by atoms with Crippen molar-refractivity contribution in [1.82, 2.24) is 9.80 Å². The van der Waals surface area contributed by atoms with Gasteiger partial charge in [0.2, 0.25) is 5.91 Å². The number of piperazine rings is 1. The Labute approximate surface area is 128 Å². The van der Waals surface area contributed by atoms with Gasteiger partial charge in [-0.3, -0.25) is 9.69 Å². The number of carbonyl (C=O) groups is 1. The summed E-state index contributed by atoms with van der Waals surface area (Å²) in [5.41, 5.74) is 2.84. The van der Waals surface area contributed by atoms with Gasteiger partial charge in [0.05, 0.1) is 6.04 Å². The average Bonchev–Trinajstić information content (AvgIpc) is 2.93. The number of nitrogens with zero attached hydrogens (tertiary/aromatic N) is 2. The third-order valence-corrected chi connectivity index (χ3v) is 5.62. The molecule has 3 aliphatic rings. The molecule has 0 aromatic carbocycles. The van der Waals surface area contributed by atoms with Gasteiger partial charge in [0.25, 0.3) is 0 Å². The first-order valence-electron chi connectivity index (χ1n) is 8.44. The van der Waals surface area contributed by atoms with Gasteiger partial charge in [-0.05, 0) is 51.9 Å². The van der Waals surface area contributed by atoms with E-state index in [4.69, 9.17) is 0 Å². The van der Waals surface area contributed by atoms with E-state index in [0.29, 0.717) is 17.9 Å². The summed E-state index contributed by atoms with van der Waals surface area (Å²) < 4.78 is 0. The lowest BCUT2D eigenvalue weighted by atomic mass is 9.85. The summed E-state index contributed by atoms with van der Waals surface area (Å²) in [4.78, 5) is 17.0. The molecule has 2 fully saturated rings. The molecule has 3 heteroatoms. The van der Waals surface area contributed by atoms with E-state index in [2.05, 4.69) is 36.3 Å². The normalized spacial score (nSPS) is 33.8. The highest BCUT2D eigenvalue weighted by Gasteiger charge is 2.40. The maximum absolute atomic E-state index is 12.5.